The summed E-state index contributed by atoms with van der Waals surface area (Å²) < 4.78 is 2.75. The summed E-state index contributed by atoms with van der Waals surface area (Å²) in [5.74, 6) is 0.0873. The van der Waals surface area contributed by atoms with Gasteiger partial charge in [-0.2, -0.15) is 0 Å². The molecule has 0 radical (unpaired) electrons. The van der Waals surface area contributed by atoms with Crippen molar-refractivity contribution in [1.82, 2.24) is 14.5 Å². The molecule has 1 saturated heterocycles. The molecular formula is C22H30N4O3. The van der Waals surface area contributed by atoms with Crippen molar-refractivity contribution in [3.05, 3.63) is 56.9 Å². The summed E-state index contributed by atoms with van der Waals surface area (Å²) in [5, 5.41) is 3.01. The number of amides is 1. The van der Waals surface area contributed by atoms with Crippen LogP contribution in [0.4, 0.5) is 5.69 Å². The Morgan fingerprint density at radius 2 is 1.79 bits per heavy atom. The number of benzene rings is 1. The van der Waals surface area contributed by atoms with Gasteiger partial charge in [0.05, 0.1) is 11.4 Å². The molecule has 0 saturated carbocycles. The van der Waals surface area contributed by atoms with E-state index in [9.17, 15) is 14.4 Å². The number of piperidine rings is 1. The molecule has 0 unspecified atom stereocenters. The second-order valence-electron chi connectivity index (χ2n) is 7.66. The van der Waals surface area contributed by atoms with Crippen LogP contribution in [-0.2, 0) is 11.8 Å². The maximum atomic E-state index is 12.9. The predicted octanol–water partition coefficient (Wildman–Crippen LogP) is 1.98. The highest BCUT2D eigenvalue weighted by atomic mass is 16.2. The van der Waals surface area contributed by atoms with Crippen LogP contribution >= 0.6 is 0 Å². The SMILES string of the molecule is CCCCNC(=O)C1CCN(c2c(C)n(-c3ccccc3)c(=O)n(C)c2=O)CC1. The largest absolute Gasteiger partial charge is 0.366 e. The number of carbonyl (C=O) groups is 1. The Labute approximate surface area is 171 Å². The van der Waals surface area contributed by atoms with Crippen molar-refractivity contribution < 1.29 is 4.79 Å². The lowest BCUT2D eigenvalue weighted by atomic mass is 9.95. The third kappa shape index (κ3) is 4.28. The fourth-order valence-electron chi connectivity index (χ4n) is 3.94. The van der Waals surface area contributed by atoms with Gasteiger partial charge in [-0.1, -0.05) is 31.5 Å². The summed E-state index contributed by atoms with van der Waals surface area (Å²) in [6.45, 7) is 5.87. The predicted molar refractivity (Wildman–Crippen MR) is 115 cm³/mol. The third-order valence-corrected chi connectivity index (χ3v) is 5.69. The molecule has 156 valence electrons. The molecule has 7 heteroatoms. The van der Waals surface area contributed by atoms with Gasteiger partial charge in [0.15, 0.2) is 0 Å². The van der Waals surface area contributed by atoms with Gasteiger partial charge in [0.25, 0.3) is 5.56 Å². The fourth-order valence-corrected chi connectivity index (χ4v) is 3.94. The zero-order valence-corrected chi connectivity index (χ0v) is 17.5. The molecule has 1 N–H and O–H groups in total. The Balaban J connectivity index is 1.85. The number of unbranched alkanes of at least 4 members (excludes halogenated alkanes) is 1. The lowest BCUT2D eigenvalue weighted by Gasteiger charge is -2.34. The van der Waals surface area contributed by atoms with Crippen molar-refractivity contribution in [3.8, 4) is 5.69 Å². The third-order valence-electron chi connectivity index (χ3n) is 5.69. The average molecular weight is 399 g/mol. The summed E-state index contributed by atoms with van der Waals surface area (Å²) in [4.78, 5) is 40.0. The first-order valence-electron chi connectivity index (χ1n) is 10.4. The summed E-state index contributed by atoms with van der Waals surface area (Å²) in [5.41, 5.74) is 1.27. The van der Waals surface area contributed by atoms with Crippen LogP contribution in [-0.4, -0.2) is 34.7 Å². The van der Waals surface area contributed by atoms with Gasteiger partial charge in [0.2, 0.25) is 5.91 Å². The van der Waals surface area contributed by atoms with E-state index < -0.39 is 0 Å². The Kier molecular flexibility index (Phi) is 6.56. The average Bonchev–Trinajstić information content (AvgIpc) is 2.74. The number of anilines is 1. The van der Waals surface area contributed by atoms with Gasteiger partial charge in [-0.3, -0.25) is 18.7 Å². The summed E-state index contributed by atoms with van der Waals surface area (Å²) in [7, 11) is 1.51. The molecule has 7 nitrogen and oxygen atoms in total. The van der Waals surface area contributed by atoms with Crippen molar-refractivity contribution in [2.75, 3.05) is 24.5 Å². The second kappa shape index (κ2) is 9.11. The van der Waals surface area contributed by atoms with Gasteiger partial charge in [-0.25, -0.2) is 4.79 Å². The molecule has 1 aromatic heterocycles. The Morgan fingerprint density at radius 1 is 1.14 bits per heavy atom. The highest BCUT2D eigenvalue weighted by molar-refractivity contribution is 5.79. The summed E-state index contributed by atoms with van der Waals surface area (Å²) in [6, 6.07) is 9.34. The molecule has 0 aliphatic carbocycles. The molecular weight excluding hydrogens is 368 g/mol. The van der Waals surface area contributed by atoms with E-state index in [1.54, 1.807) is 4.57 Å². The van der Waals surface area contributed by atoms with Gasteiger partial charge in [-0.15, -0.1) is 0 Å². The monoisotopic (exact) mass is 398 g/mol. The van der Waals surface area contributed by atoms with E-state index in [2.05, 4.69) is 12.2 Å². The van der Waals surface area contributed by atoms with E-state index in [-0.39, 0.29) is 23.1 Å². The molecule has 2 aromatic rings. The molecule has 1 aromatic carbocycles. The first kappa shape index (κ1) is 20.9. The van der Waals surface area contributed by atoms with Crippen LogP contribution in [0.2, 0.25) is 0 Å². The van der Waals surface area contributed by atoms with E-state index in [1.807, 2.05) is 42.2 Å². The first-order valence-corrected chi connectivity index (χ1v) is 10.4. The first-order chi connectivity index (χ1) is 14.0. The minimum atomic E-state index is -0.354. The number of aromatic nitrogens is 2. The van der Waals surface area contributed by atoms with Gasteiger partial charge in [-0.05, 0) is 38.3 Å². The Morgan fingerprint density at radius 3 is 2.41 bits per heavy atom. The minimum Gasteiger partial charge on any atom is -0.366 e. The number of carbonyl (C=O) groups excluding carboxylic acids is 1. The van der Waals surface area contributed by atoms with E-state index in [4.69, 9.17) is 0 Å². The van der Waals surface area contributed by atoms with Crippen molar-refractivity contribution >= 4 is 11.6 Å². The van der Waals surface area contributed by atoms with E-state index in [0.717, 1.165) is 25.1 Å². The standard InChI is InChI=1S/C22H30N4O3/c1-4-5-13-23-20(27)17-11-14-25(15-12-17)19-16(2)26(18-9-7-6-8-10-18)22(29)24(3)21(19)28/h6-10,17H,4-5,11-15H2,1-3H3,(H,23,27). The summed E-state index contributed by atoms with van der Waals surface area (Å²) in [6.07, 6.45) is 3.44. The number of nitrogens with one attached hydrogen (secondary N) is 1. The number of nitrogens with zero attached hydrogens (tertiary/aromatic N) is 3. The molecule has 1 aliphatic rings. The molecule has 0 bridgehead atoms. The second-order valence-corrected chi connectivity index (χ2v) is 7.66. The van der Waals surface area contributed by atoms with Crippen molar-refractivity contribution in [2.45, 2.75) is 39.5 Å². The van der Waals surface area contributed by atoms with Crippen LogP contribution in [0.3, 0.4) is 0 Å². The smallest absolute Gasteiger partial charge is 0.335 e. The van der Waals surface area contributed by atoms with Crippen LogP contribution in [0.25, 0.3) is 5.69 Å². The number of rotatable bonds is 6. The van der Waals surface area contributed by atoms with E-state index in [1.165, 1.54) is 11.6 Å². The van der Waals surface area contributed by atoms with E-state index in [0.29, 0.717) is 37.3 Å². The minimum absolute atomic E-state index is 0.0210. The van der Waals surface area contributed by atoms with Crippen molar-refractivity contribution in [3.63, 3.8) is 0 Å². The van der Waals surface area contributed by atoms with Crippen LogP contribution in [0.15, 0.2) is 39.9 Å². The van der Waals surface area contributed by atoms with Crippen LogP contribution < -0.4 is 21.5 Å². The zero-order valence-electron chi connectivity index (χ0n) is 17.5. The molecule has 2 heterocycles. The highest BCUT2D eigenvalue weighted by Crippen LogP contribution is 2.24. The molecule has 29 heavy (non-hydrogen) atoms. The Bertz CT molecular complexity index is 970. The van der Waals surface area contributed by atoms with E-state index >= 15 is 0 Å². The van der Waals surface area contributed by atoms with Crippen LogP contribution in [0.1, 0.15) is 38.3 Å². The molecule has 1 fully saturated rings. The quantitative estimate of drug-likeness (QED) is 0.755. The lowest BCUT2D eigenvalue weighted by Crippen LogP contribution is -2.46. The number of hydrogen-bond acceptors (Lipinski definition) is 4. The van der Waals surface area contributed by atoms with Gasteiger partial charge in [0.1, 0.15) is 5.69 Å². The summed E-state index contributed by atoms with van der Waals surface area (Å²) >= 11 is 0. The maximum Gasteiger partial charge on any atom is 0.335 e. The van der Waals surface area contributed by atoms with Crippen molar-refractivity contribution in [2.24, 2.45) is 13.0 Å². The maximum absolute atomic E-state index is 12.9. The molecule has 0 spiro atoms. The normalized spacial score (nSPS) is 14.8. The lowest BCUT2D eigenvalue weighted by molar-refractivity contribution is -0.125. The van der Waals surface area contributed by atoms with Gasteiger partial charge >= 0.3 is 5.69 Å². The highest BCUT2D eigenvalue weighted by Gasteiger charge is 2.28. The molecule has 1 aliphatic heterocycles. The van der Waals surface area contributed by atoms with Crippen LogP contribution in [0.5, 0.6) is 0 Å². The molecule has 1 amide bonds. The zero-order chi connectivity index (χ0) is 21.0. The van der Waals surface area contributed by atoms with Crippen molar-refractivity contribution in [1.29, 1.82) is 0 Å². The van der Waals surface area contributed by atoms with Gasteiger partial charge in [0, 0.05) is 32.6 Å². The Hall–Kier alpha value is -2.83. The van der Waals surface area contributed by atoms with Gasteiger partial charge < -0.3 is 10.2 Å². The number of para-hydroxylation sites is 1. The molecule has 0 atom stereocenters. The number of hydrogen-bond donors (Lipinski definition) is 1. The topological polar surface area (TPSA) is 76.3 Å². The van der Waals surface area contributed by atoms with Crippen LogP contribution in [0, 0.1) is 12.8 Å². The fraction of sp³-hybridized carbons (Fsp3) is 0.500. The molecule has 3 rings (SSSR count).